The molecule has 0 N–H and O–H groups in total. The molecular formula is C21H17F3IN3O2. The second-order valence-corrected chi connectivity index (χ2v) is 8.25. The van der Waals surface area contributed by atoms with Crippen molar-refractivity contribution in [3.05, 3.63) is 69.1 Å². The van der Waals surface area contributed by atoms with Crippen LogP contribution in [0.4, 0.5) is 13.2 Å². The number of hydrogen-bond acceptors (Lipinski definition) is 4. The Morgan fingerprint density at radius 2 is 1.83 bits per heavy atom. The first kappa shape index (κ1) is 20.8. The van der Waals surface area contributed by atoms with Crippen LogP contribution < -0.4 is 0 Å². The zero-order chi connectivity index (χ0) is 21.3. The highest BCUT2D eigenvalue weighted by Gasteiger charge is 2.31. The summed E-state index contributed by atoms with van der Waals surface area (Å²) < 4.78 is 44.8. The Bertz CT molecular complexity index is 1050. The number of nitrogens with zero attached hydrogens (tertiary/aromatic N) is 3. The molecule has 1 aliphatic heterocycles. The number of halogens is 4. The lowest BCUT2D eigenvalue weighted by Gasteiger charge is -2.31. The van der Waals surface area contributed by atoms with Crippen LogP contribution >= 0.6 is 22.6 Å². The van der Waals surface area contributed by atoms with Crippen molar-refractivity contribution < 1.29 is 22.4 Å². The first-order chi connectivity index (χ1) is 14.3. The predicted octanol–water partition coefficient (Wildman–Crippen LogP) is 5.38. The molecular weight excluding hydrogens is 510 g/mol. The molecule has 5 nitrogen and oxygen atoms in total. The number of aromatic nitrogens is 2. The molecule has 0 saturated carbocycles. The first-order valence-electron chi connectivity index (χ1n) is 9.38. The van der Waals surface area contributed by atoms with E-state index >= 15 is 0 Å². The highest BCUT2D eigenvalue weighted by atomic mass is 127. The third kappa shape index (κ3) is 4.35. The molecule has 30 heavy (non-hydrogen) atoms. The van der Waals surface area contributed by atoms with Gasteiger partial charge in [0.2, 0.25) is 11.8 Å². The summed E-state index contributed by atoms with van der Waals surface area (Å²) in [5.41, 5.74) is 0.349. The van der Waals surface area contributed by atoms with Crippen LogP contribution in [0.3, 0.4) is 0 Å². The number of amides is 1. The summed E-state index contributed by atoms with van der Waals surface area (Å²) in [6.07, 6.45) is -2.80. The lowest BCUT2D eigenvalue weighted by molar-refractivity contribution is -0.137. The second kappa shape index (κ2) is 8.37. The van der Waals surface area contributed by atoms with Crippen LogP contribution in [0.2, 0.25) is 0 Å². The molecule has 3 aromatic rings. The molecule has 9 heteroatoms. The molecule has 2 heterocycles. The molecule has 1 amide bonds. The van der Waals surface area contributed by atoms with Gasteiger partial charge in [-0.2, -0.15) is 13.2 Å². The van der Waals surface area contributed by atoms with Crippen molar-refractivity contribution >= 4 is 28.5 Å². The van der Waals surface area contributed by atoms with Crippen LogP contribution in [0.15, 0.2) is 52.9 Å². The summed E-state index contributed by atoms with van der Waals surface area (Å²) in [6.45, 7) is 1.11. The molecule has 1 aliphatic rings. The monoisotopic (exact) mass is 527 g/mol. The van der Waals surface area contributed by atoms with Gasteiger partial charge in [0.05, 0.1) is 17.0 Å². The number of likely N-dealkylation sites (tertiary alicyclic amines) is 1. The average Bonchev–Trinajstić information content (AvgIpc) is 3.24. The fourth-order valence-electron chi connectivity index (χ4n) is 3.49. The topological polar surface area (TPSA) is 59.2 Å². The molecule has 0 aliphatic carbocycles. The Labute approximate surface area is 184 Å². The maximum absolute atomic E-state index is 12.9. The van der Waals surface area contributed by atoms with Gasteiger partial charge >= 0.3 is 6.18 Å². The van der Waals surface area contributed by atoms with E-state index in [1.165, 1.54) is 12.1 Å². The van der Waals surface area contributed by atoms with Crippen LogP contribution in [0.25, 0.3) is 11.5 Å². The number of benzene rings is 2. The predicted molar refractivity (Wildman–Crippen MR) is 112 cm³/mol. The summed E-state index contributed by atoms with van der Waals surface area (Å²) in [6, 6.07) is 12.0. The fourth-order valence-corrected chi connectivity index (χ4v) is 4.10. The number of carbonyl (C=O) groups excluding carboxylic acids is 1. The molecule has 1 unspecified atom stereocenters. The van der Waals surface area contributed by atoms with E-state index < -0.39 is 11.7 Å². The van der Waals surface area contributed by atoms with Gasteiger partial charge in [-0.15, -0.1) is 10.2 Å². The number of piperidine rings is 1. The largest absolute Gasteiger partial charge is 0.420 e. The van der Waals surface area contributed by atoms with Gasteiger partial charge < -0.3 is 9.32 Å². The number of alkyl halides is 3. The smallest absolute Gasteiger partial charge is 0.416 e. The molecule has 1 atom stereocenters. The van der Waals surface area contributed by atoms with Gasteiger partial charge in [-0.1, -0.05) is 12.1 Å². The van der Waals surface area contributed by atoms with E-state index in [2.05, 4.69) is 32.8 Å². The summed E-state index contributed by atoms with van der Waals surface area (Å²) in [5.74, 6) is 0.414. The quantitative estimate of drug-likeness (QED) is 0.430. The van der Waals surface area contributed by atoms with Crippen molar-refractivity contribution in [3.8, 4) is 11.5 Å². The molecule has 1 fully saturated rings. The Morgan fingerprint density at radius 1 is 1.10 bits per heavy atom. The van der Waals surface area contributed by atoms with E-state index in [9.17, 15) is 18.0 Å². The molecule has 0 spiro atoms. The SMILES string of the molecule is O=C(c1ccccc1I)N1CCCC(c2nnc(-c3ccc(C(F)(F)F)cc3)o2)C1. The van der Waals surface area contributed by atoms with Crippen LogP contribution in [-0.2, 0) is 6.18 Å². The van der Waals surface area contributed by atoms with E-state index in [1.807, 2.05) is 24.3 Å². The summed E-state index contributed by atoms with van der Waals surface area (Å²) in [7, 11) is 0. The van der Waals surface area contributed by atoms with Crippen LogP contribution in [0.1, 0.15) is 40.6 Å². The van der Waals surface area contributed by atoms with Gasteiger partial charge in [-0.3, -0.25) is 4.79 Å². The molecule has 0 bridgehead atoms. The Morgan fingerprint density at radius 3 is 2.53 bits per heavy atom. The molecule has 0 radical (unpaired) electrons. The van der Waals surface area contributed by atoms with Crippen molar-refractivity contribution in [2.45, 2.75) is 24.9 Å². The Hall–Kier alpha value is -2.43. The second-order valence-electron chi connectivity index (χ2n) is 7.09. The summed E-state index contributed by atoms with van der Waals surface area (Å²) >= 11 is 2.15. The Kier molecular flexibility index (Phi) is 5.81. The van der Waals surface area contributed by atoms with Gasteiger partial charge in [0.25, 0.3) is 5.91 Å². The highest BCUT2D eigenvalue weighted by molar-refractivity contribution is 14.1. The molecule has 4 rings (SSSR count). The third-order valence-electron chi connectivity index (χ3n) is 5.06. The third-order valence-corrected chi connectivity index (χ3v) is 6.00. The minimum atomic E-state index is -4.40. The highest BCUT2D eigenvalue weighted by Crippen LogP contribution is 2.32. The Balaban J connectivity index is 1.49. The first-order valence-corrected chi connectivity index (χ1v) is 10.5. The average molecular weight is 527 g/mol. The standard InChI is InChI=1S/C21H17F3IN3O2/c22-21(23,24)15-9-7-13(8-10-15)18-26-27-19(30-18)14-4-3-11-28(12-14)20(29)16-5-1-2-6-17(16)25/h1-2,5-10,14H,3-4,11-12H2. The minimum absolute atomic E-state index is 0.0350. The van der Waals surface area contributed by atoms with Crippen LogP contribution in [-0.4, -0.2) is 34.1 Å². The maximum Gasteiger partial charge on any atom is 0.416 e. The maximum atomic E-state index is 12.9. The van der Waals surface area contributed by atoms with E-state index in [1.54, 1.807) is 4.90 Å². The zero-order valence-electron chi connectivity index (χ0n) is 15.7. The normalized spacial score (nSPS) is 17.2. The van der Waals surface area contributed by atoms with Crippen molar-refractivity contribution in [1.29, 1.82) is 0 Å². The van der Waals surface area contributed by atoms with E-state index in [4.69, 9.17) is 4.42 Å². The summed E-state index contributed by atoms with van der Waals surface area (Å²) in [5, 5.41) is 8.09. The van der Waals surface area contributed by atoms with Crippen molar-refractivity contribution in [1.82, 2.24) is 15.1 Å². The minimum Gasteiger partial charge on any atom is -0.420 e. The van der Waals surface area contributed by atoms with Gasteiger partial charge in [0.15, 0.2) is 0 Å². The molecule has 156 valence electrons. The van der Waals surface area contributed by atoms with Crippen LogP contribution in [0, 0.1) is 3.57 Å². The molecule has 1 saturated heterocycles. The molecule has 2 aromatic carbocycles. The number of rotatable bonds is 3. The summed E-state index contributed by atoms with van der Waals surface area (Å²) in [4.78, 5) is 14.7. The van der Waals surface area contributed by atoms with Crippen molar-refractivity contribution in [2.24, 2.45) is 0 Å². The van der Waals surface area contributed by atoms with Gasteiger partial charge in [-0.05, 0) is 71.8 Å². The van der Waals surface area contributed by atoms with Crippen molar-refractivity contribution in [3.63, 3.8) is 0 Å². The molecule has 1 aromatic heterocycles. The number of carbonyl (C=O) groups is 1. The zero-order valence-corrected chi connectivity index (χ0v) is 17.9. The fraction of sp³-hybridized carbons (Fsp3) is 0.286. The van der Waals surface area contributed by atoms with Gasteiger partial charge in [-0.25, -0.2) is 0 Å². The van der Waals surface area contributed by atoms with Gasteiger partial charge in [0.1, 0.15) is 0 Å². The number of hydrogen-bond donors (Lipinski definition) is 0. The van der Waals surface area contributed by atoms with E-state index in [0.717, 1.165) is 28.5 Å². The van der Waals surface area contributed by atoms with Crippen LogP contribution in [0.5, 0.6) is 0 Å². The van der Waals surface area contributed by atoms with E-state index in [0.29, 0.717) is 30.1 Å². The van der Waals surface area contributed by atoms with Gasteiger partial charge in [0, 0.05) is 22.2 Å². The van der Waals surface area contributed by atoms with E-state index in [-0.39, 0.29) is 17.7 Å². The lowest BCUT2D eigenvalue weighted by atomic mass is 9.97. The lowest BCUT2D eigenvalue weighted by Crippen LogP contribution is -2.39. The van der Waals surface area contributed by atoms with Crippen molar-refractivity contribution in [2.75, 3.05) is 13.1 Å².